The van der Waals surface area contributed by atoms with E-state index in [1.54, 1.807) is 13.2 Å². The van der Waals surface area contributed by atoms with Gasteiger partial charge < -0.3 is 25.0 Å². The van der Waals surface area contributed by atoms with Gasteiger partial charge in [0, 0.05) is 31.1 Å². The summed E-state index contributed by atoms with van der Waals surface area (Å²) < 4.78 is 5.16. The predicted octanol–water partition coefficient (Wildman–Crippen LogP) is 1.39. The minimum atomic E-state index is -1.82. The van der Waals surface area contributed by atoms with Crippen LogP contribution in [0.1, 0.15) is 31.2 Å². The zero-order chi connectivity index (χ0) is 21.4. The second-order valence-corrected chi connectivity index (χ2v) is 7.16. The molecule has 160 valence electrons. The van der Waals surface area contributed by atoms with Crippen LogP contribution in [0.4, 0.5) is 0 Å². The highest BCUT2D eigenvalue weighted by Crippen LogP contribution is 2.31. The molecule has 2 aliphatic rings. The van der Waals surface area contributed by atoms with Crippen LogP contribution < -0.4 is 4.74 Å². The summed E-state index contributed by atoms with van der Waals surface area (Å²) in [6.45, 7) is 4.39. The number of carboxylic acids is 2. The first kappa shape index (κ1) is 22.5. The van der Waals surface area contributed by atoms with E-state index >= 15 is 0 Å². The van der Waals surface area contributed by atoms with E-state index in [4.69, 9.17) is 24.5 Å². The maximum absolute atomic E-state index is 12.5. The molecule has 0 atom stereocenters. The lowest BCUT2D eigenvalue weighted by molar-refractivity contribution is -0.159. The molecule has 0 spiro atoms. The predicted molar refractivity (Wildman–Crippen MR) is 104 cm³/mol. The summed E-state index contributed by atoms with van der Waals surface area (Å²) >= 11 is 0. The largest absolute Gasteiger partial charge is 0.504 e. The van der Waals surface area contributed by atoms with Crippen molar-refractivity contribution in [1.29, 1.82) is 0 Å². The van der Waals surface area contributed by atoms with Crippen molar-refractivity contribution < 1.29 is 34.4 Å². The Morgan fingerprint density at radius 1 is 1.03 bits per heavy atom. The Labute approximate surface area is 169 Å². The molecular weight excluding hydrogens is 380 g/mol. The summed E-state index contributed by atoms with van der Waals surface area (Å²) in [4.78, 5) is 35.0. The molecule has 0 radical (unpaired) electrons. The zero-order valence-corrected chi connectivity index (χ0v) is 16.5. The van der Waals surface area contributed by atoms with Crippen molar-refractivity contribution in [2.45, 2.75) is 32.2 Å². The van der Waals surface area contributed by atoms with Gasteiger partial charge in [-0.05, 0) is 44.8 Å². The van der Waals surface area contributed by atoms with Crippen LogP contribution in [0.25, 0.3) is 0 Å². The number of carbonyl (C=O) groups is 3. The van der Waals surface area contributed by atoms with Crippen molar-refractivity contribution in [3.63, 3.8) is 0 Å². The standard InChI is InChI=1S/C18H26N2O3.C2H2O4/c1-23-16-6-4-5-15(17(16)21)13-19-11-7-14(8-12-19)18(22)20-9-2-3-10-20;3-1(4)2(5)6/h4-6,14,21H,2-3,7-13H2,1H3;(H,3,4)(H,5,6). The van der Waals surface area contributed by atoms with Crippen LogP contribution in [0.2, 0.25) is 0 Å². The molecule has 2 saturated heterocycles. The second kappa shape index (κ2) is 10.7. The number of nitrogens with zero attached hydrogens (tertiary/aromatic N) is 2. The van der Waals surface area contributed by atoms with Crippen molar-refractivity contribution in [3.8, 4) is 11.5 Å². The first-order valence-electron chi connectivity index (χ1n) is 9.65. The van der Waals surface area contributed by atoms with Gasteiger partial charge in [0.1, 0.15) is 0 Å². The van der Waals surface area contributed by atoms with Gasteiger partial charge in [0.05, 0.1) is 7.11 Å². The first-order valence-corrected chi connectivity index (χ1v) is 9.65. The maximum Gasteiger partial charge on any atom is 0.414 e. The fourth-order valence-electron chi connectivity index (χ4n) is 3.63. The van der Waals surface area contributed by atoms with Gasteiger partial charge in [-0.15, -0.1) is 0 Å². The monoisotopic (exact) mass is 408 g/mol. The van der Waals surface area contributed by atoms with E-state index in [-0.39, 0.29) is 11.7 Å². The molecule has 0 unspecified atom stereocenters. The summed E-state index contributed by atoms with van der Waals surface area (Å²) in [7, 11) is 1.56. The molecule has 9 heteroatoms. The number of amides is 1. The average Bonchev–Trinajstić information content (AvgIpc) is 3.25. The normalized spacial score (nSPS) is 17.3. The number of benzene rings is 1. The Morgan fingerprint density at radius 2 is 1.62 bits per heavy atom. The molecule has 9 nitrogen and oxygen atoms in total. The molecule has 0 aromatic heterocycles. The van der Waals surface area contributed by atoms with Crippen LogP contribution in [0.5, 0.6) is 11.5 Å². The molecule has 2 heterocycles. The number of carboxylic acid groups (broad SMARTS) is 2. The molecule has 1 amide bonds. The molecule has 3 N–H and O–H groups in total. The summed E-state index contributed by atoms with van der Waals surface area (Å²) in [6, 6.07) is 5.59. The van der Waals surface area contributed by atoms with Gasteiger partial charge in [-0.2, -0.15) is 0 Å². The third-order valence-corrected chi connectivity index (χ3v) is 5.23. The lowest BCUT2D eigenvalue weighted by atomic mass is 9.95. The number of phenols is 1. The molecule has 2 aliphatic heterocycles. The summed E-state index contributed by atoms with van der Waals surface area (Å²) in [5, 5.41) is 25.0. The highest BCUT2D eigenvalue weighted by atomic mass is 16.5. The van der Waals surface area contributed by atoms with Gasteiger partial charge in [0.2, 0.25) is 5.91 Å². The van der Waals surface area contributed by atoms with Gasteiger partial charge in [-0.1, -0.05) is 12.1 Å². The van der Waals surface area contributed by atoms with Crippen LogP contribution in [0.15, 0.2) is 18.2 Å². The molecule has 0 aliphatic carbocycles. The fraction of sp³-hybridized carbons (Fsp3) is 0.550. The summed E-state index contributed by atoms with van der Waals surface area (Å²) in [5.74, 6) is -2.37. The highest BCUT2D eigenvalue weighted by Gasteiger charge is 2.30. The number of rotatable bonds is 4. The molecule has 1 aromatic carbocycles. The quantitative estimate of drug-likeness (QED) is 0.638. The number of aromatic hydroxyl groups is 1. The van der Waals surface area contributed by atoms with E-state index in [9.17, 15) is 9.90 Å². The Kier molecular flexibility index (Phi) is 8.26. The second-order valence-electron chi connectivity index (χ2n) is 7.16. The number of piperidine rings is 1. The number of carbonyl (C=O) groups excluding carboxylic acids is 1. The lowest BCUT2D eigenvalue weighted by Crippen LogP contribution is -2.41. The van der Waals surface area contributed by atoms with Crippen molar-refractivity contribution >= 4 is 17.8 Å². The maximum atomic E-state index is 12.5. The third-order valence-electron chi connectivity index (χ3n) is 5.23. The van der Waals surface area contributed by atoms with Gasteiger partial charge in [-0.3, -0.25) is 9.69 Å². The minimum Gasteiger partial charge on any atom is -0.504 e. The first-order chi connectivity index (χ1) is 13.8. The zero-order valence-electron chi connectivity index (χ0n) is 16.5. The number of ether oxygens (including phenoxy) is 1. The van der Waals surface area contributed by atoms with Crippen molar-refractivity contribution in [1.82, 2.24) is 9.80 Å². The van der Waals surface area contributed by atoms with Crippen LogP contribution in [-0.4, -0.2) is 76.3 Å². The Morgan fingerprint density at radius 3 is 2.14 bits per heavy atom. The number of aliphatic carboxylic acids is 2. The van der Waals surface area contributed by atoms with Gasteiger partial charge >= 0.3 is 11.9 Å². The van der Waals surface area contributed by atoms with E-state index < -0.39 is 11.9 Å². The molecule has 3 rings (SSSR count). The van der Waals surface area contributed by atoms with E-state index in [1.165, 1.54) is 0 Å². The molecular formula is C20H28N2O7. The molecule has 2 fully saturated rings. The van der Waals surface area contributed by atoms with Crippen molar-refractivity contribution in [3.05, 3.63) is 23.8 Å². The van der Waals surface area contributed by atoms with Crippen molar-refractivity contribution in [2.75, 3.05) is 33.3 Å². The fourth-order valence-corrected chi connectivity index (χ4v) is 3.63. The van der Waals surface area contributed by atoms with Crippen LogP contribution in [0.3, 0.4) is 0 Å². The number of likely N-dealkylation sites (tertiary alicyclic amines) is 2. The molecule has 0 saturated carbocycles. The highest BCUT2D eigenvalue weighted by molar-refractivity contribution is 6.27. The number of hydrogen-bond donors (Lipinski definition) is 3. The Bertz CT molecular complexity index is 712. The van der Waals surface area contributed by atoms with Crippen LogP contribution in [0, 0.1) is 5.92 Å². The van der Waals surface area contributed by atoms with Gasteiger partial charge in [-0.25, -0.2) is 9.59 Å². The number of methoxy groups -OCH3 is 1. The SMILES string of the molecule is COc1cccc(CN2CCC(C(=O)N3CCCC3)CC2)c1O.O=C(O)C(=O)O. The van der Waals surface area contributed by atoms with E-state index in [1.807, 2.05) is 17.0 Å². The van der Waals surface area contributed by atoms with E-state index in [2.05, 4.69) is 4.90 Å². The number of para-hydroxylation sites is 1. The Hall–Kier alpha value is -2.81. The number of phenolic OH excluding ortho intramolecular Hbond substituents is 1. The molecule has 1 aromatic rings. The Balaban J connectivity index is 0.000000438. The topological polar surface area (TPSA) is 128 Å². The minimum absolute atomic E-state index is 0.184. The van der Waals surface area contributed by atoms with Crippen LogP contribution in [-0.2, 0) is 20.9 Å². The number of hydrogen-bond acceptors (Lipinski definition) is 6. The average molecular weight is 408 g/mol. The van der Waals surface area contributed by atoms with E-state index in [0.29, 0.717) is 18.2 Å². The van der Waals surface area contributed by atoms with Gasteiger partial charge in [0.15, 0.2) is 11.5 Å². The van der Waals surface area contributed by atoms with Crippen molar-refractivity contribution in [2.24, 2.45) is 5.92 Å². The summed E-state index contributed by atoms with van der Waals surface area (Å²) in [5.41, 5.74) is 0.883. The third kappa shape index (κ3) is 6.35. The van der Waals surface area contributed by atoms with E-state index in [0.717, 1.165) is 57.4 Å². The lowest BCUT2D eigenvalue weighted by Gasteiger charge is -2.33. The molecule has 29 heavy (non-hydrogen) atoms. The smallest absolute Gasteiger partial charge is 0.414 e. The summed E-state index contributed by atoms with van der Waals surface area (Å²) in [6.07, 6.45) is 4.14. The van der Waals surface area contributed by atoms with Crippen LogP contribution >= 0.6 is 0 Å². The van der Waals surface area contributed by atoms with Gasteiger partial charge in [0.25, 0.3) is 0 Å². The molecule has 0 bridgehead atoms.